The van der Waals surface area contributed by atoms with Crippen molar-refractivity contribution in [2.24, 2.45) is 0 Å². The van der Waals surface area contributed by atoms with Crippen LogP contribution in [0.15, 0.2) is 34.1 Å². The number of halogens is 1. The number of hydrogen-bond acceptors (Lipinski definition) is 4. The lowest BCUT2D eigenvalue weighted by Gasteiger charge is -1.93. The Morgan fingerprint density at radius 2 is 2.17 bits per heavy atom. The van der Waals surface area contributed by atoms with Gasteiger partial charge in [0.15, 0.2) is 0 Å². The molecule has 0 aliphatic carbocycles. The van der Waals surface area contributed by atoms with E-state index in [-0.39, 0.29) is 0 Å². The molecule has 3 rings (SSSR count). The fourth-order valence-corrected chi connectivity index (χ4v) is 2.99. The third-order valence-corrected chi connectivity index (χ3v) is 3.92. The fourth-order valence-electron chi connectivity index (χ4n) is 1.66. The molecule has 7 heteroatoms. The van der Waals surface area contributed by atoms with Gasteiger partial charge in [-0.2, -0.15) is 0 Å². The van der Waals surface area contributed by atoms with Crippen molar-refractivity contribution in [3.63, 3.8) is 0 Å². The Morgan fingerprint density at radius 1 is 1.33 bits per heavy atom. The third-order valence-electron chi connectivity index (χ3n) is 2.48. The average Bonchev–Trinajstić information content (AvgIpc) is 2.74. The van der Waals surface area contributed by atoms with Gasteiger partial charge in [-0.25, -0.2) is 9.78 Å². The van der Waals surface area contributed by atoms with Crippen LogP contribution in [0.1, 0.15) is 0 Å². The van der Waals surface area contributed by atoms with Crippen LogP contribution in [0.2, 0.25) is 5.15 Å². The number of rotatable bonds is 1. The Hall–Kier alpha value is -1.92. The van der Waals surface area contributed by atoms with Gasteiger partial charge in [-0.3, -0.25) is 9.78 Å². The van der Waals surface area contributed by atoms with Gasteiger partial charge in [-0.1, -0.05) is 11.6 Å². The minimum absolute atomic E-state index is 0.399. The van der Waals surface area contributed by atoms with Crippen molar-refractivity contribution in [1.82, 2.24) is 15.0 Å². The molecule has 0 bridgehead atoms. The van der Waals surface area contributed by atoms with Gasteiger partial charge in [0.1, 0.15) is 5.15 Å². The summed E-state index contributed by atoms with van der Waals surface area (Å²) in [6.07, 6.45) is 3.01. The van der Waals surface area contributed by atoms with Crippen LogP contribution in [-0.2, 0) is 0 Å². The van der Waals surface area contributed by atoms with E-state index in [0.29, 0.717) is 10.7 Å². The zero-order valence-corrected chi connectivity index (χ0v) is 10.4. The highest BCUT2D eigenvalue weighted by molar-refractivity contribution is 7.22. The van der Waals surface area contributed by atoms with Crippen LogP contribution < -0.4 is 11.2 Å². The van der Waals surface area contributed by atoms with E-state index in [1.807, 2.05) is 6.07 Å². The number of pyridine rings is 1. The maximum atomic E-state index is 11.7. The van der Waals surface area contributed by atoms with Crippen LogP contribution in [0.25, 0.3) is 20.5 Å². The van der Waals surface area contributed by atoms with E-state index in [4.69, 9.17) is 11.6 Å². The number of nitrogens with one attached hydrogen (secondary N) is 2. The van der Waals surface area contributed by atoms with Gasteiger partial charge >= 0.3 is 5.69 Å². The van der Waals surface area contributed by atoms with Crippen LogP contribution in [0.3, 0.4) is 0 Å². The van der Waals surface area contributed by atoms with Gasteiger partial charge < -0.3 is 4.98 Å². The molecule has 3 aromatic rings. The zero-order chi connectivity index (χ0) is 12.7. The van der Waals surface area contributed by atoms with Crippen molar-refractivity contribution < 1.29 is 0 Å². The quantitative estimate of drug-likeness (QED) is 0.669. The smallest absolute Gasteiger partial charge is 0.313 e. The Labute approximate surface area is 109 Å². The van der Waals surface area contributed by atoms with Crippen LogP contribution in [0.5, 0.6) is 0 Å². The van der Waals surface area contributed by atoms with E-state index < -0.39 is 11.2 Å². The first-order valence-electron chi connectivity index (χ1n) is 5.01. The Morgan fingerprint density at radius 3 is 2.89 bits per heavy atom. The van der Waals surface area contributed by atoms with Gasteiger partial charge in [-0.05, 0) is 12.1 Å². The fraction of sp³-hybridized carbons (Fsp3) is 0. The van der Waals surface area contributed by atoms with Crippen molar-refractivity contribution in [2.45, 2.75) is 0 Å². The molecule has 0 radical (unpaired) electrons. The highest BCUT2D eigenvalue weighted by Crippen LogP contribution is 2.34. The Kier molecular flexibility index (Phi) is 2.53. The molecular weight excluding hydrogens is 274 g/mol. The monoisotopic (exact) mass is 279 g/mol. The molecule has 3 heterocycles. The van der Waals surface area contributed by atoms with Crippen molar-refractivity contribution in [2.75, 3.05) is 0 Å². The molecule has 90 valence electrons. The second-order valence-electron chi connectivity index (χ2n) is 3.61. The van der Waals surface area contributed by atoms with Gasteiger partial charge in [0.2, 0.25) is 0 Å². The molecular formula is C11H6ClN3O2S. The molecule has 2 N–H and O–H groups in total. The summed E-state index contributed by atoms with van der Waals surface area (Å²) in [5.41, 5.74) is -0.536. The molecule has 0 saturated heterocycles. The molecule has 0 saturated carbocycles. The predicted octanol–water partition coefficient (Wildman–Crippen LogP) is 1.99. The number of nitrogens with zero attached hydrogens (tertiary/aromatic N) is 1. The topological polar surface area (TPSA) is 78.6 Å². The summed E-state index contributed by atoms with van der Waals surface area (Å²) in [4.78, 5) is 32.0. The van der Waals surface area contributed by atoms with Crippen molar-refractivity contribution >= 4 is 33.0 Å². The predicted molar refractivity (Wildman–Crippen MR) is 71.3 cm³/mol. The molecule has 0 aliphatic heterocycles. The standard InChI is InChI=1S/C11H6ClN3O2S/c12-9-5-3-8(18-7(5)1-2-13-9)6-4-14-11(17)15-10(6)16/h1-4H,(H2,14,15,16,17). The summed E-state index contributed by atoms with van der Waals surface area (Å²) >= 11 is 7.39. The number of H-pyrrole nitrogens is 2. The van der Waals surface area contributed by atoms with Gasteiger partial charge in [0, 0.05) is 27.4 Å². The number of thiophene rings is 1. The Bertz CT molecular complexity index is 849. The summed E-state index contributed by atoms with van der Waals surface area (Å²) in [7, 11) is 0. The highest BCUT2D eigenvalue weighted by atomic mass is 35.5. The minimum Gasteiger partial charge on any atom is -0.313 e. The molecule has 0 unspecified atom stereocenters. The van der Waals surface area contributed by atoms with Crippen LogP contribution in [0, 0.1) is 0 Å². The Balaban J connectivity index is 2.29. The first kappa shape index (κ1) is 11.2. The molecule has 0 spiro atoms. The number of hydrogen-bond donors (Lipinski definition) is 2. The van der Waals surface area contributed by atoms with Crippen molar-refractivity contribution in [3.8, 4) is 10.4 Å². The van der Waals surface area contributed by atoms with E-state index >= 15 is 0 Å². The summed E-state index contributed by atoms with van der Waals surface area (Å²) in [5, 5.41) is 1.20. The molecule has 3 aromatic heterocycles. The lowest BCUT2D eigenvalue weighted by Crippen LogP contribution is -2.22. The largest absolute Gasteiger partial charge is 0.325 e. The van der Waals surface area contributed by atoms with E-state index in [0.717, 1.165) is 15.0 Å². The third kappa shape index (κ3) is 1.75. The average molecular weight is 280 g/mol. The summed E-state index contributed by atoms with van der Waals surface area (Å²) < 4.78 is 0.940. The van der Waals surface area contributed by atoms with E-state index in [1.165, 1.54) is 17.5 Å². The molecule has 0 amide bonds. The summed E-state index contributed by atoms with van der Waals surface area (Å²) in [5.74, 6) is 0. The van der Waals surface area contributed by atoms with Gasteiger partial charge in [-0.15, -0.1) is 11.3 Å². The molecule has 18 heavy (non-hydrogen) atoms. The van der Waals surface area contributed by atoms with Crippen LogP contribution >= 0.6 is 22.9 Å². The molecule has 0 aliphatic rings. The van der Waals surface area contributed by atoms with E-state index in [2.05, 4.69) is 15.0 Å². The highest BCUT2D eigenvalue weighted by Gasteiger charge is 2.10. The van der Waals surface area contributed by atoms with Crippen molar-refractivity contribution in [3.05, 3.63) is 50.5 Å². The maximum absolute atomic E-state index is 11.7. The first-order chi connectivity index (χ1) is 8.65. The van der Waals surface area contributed by atoms with Crippen LogP contribution in [0.4, 0.5) is 0 Å². The van der Waals surface area contributed by atoms with Gasteiger partial charge in [0.05, 0.1) is 5.56 Å². The lowest BCUT2D eigenvalue weighted by atomic mass is 10.2. The molecule has 0 aromatic carbocycles. The molecule has 5 nitrogen and oxygen atoms in total. The first-order valence-corrected chi connectivity index (χ1v) is 6.21. The van der Waals surface area contributed by atoms with E-state index in [1.54, 1.807) is 12.3 Å². The number of fused-ring (bicyclic) bond motifs is 1. The second kappa shape index (κ2) is 4.08. The van der Waals surface area contributed by atoms with Gasteiger partial charge in [0.25, 0.3) is 5.56 Å². The SMILES string of the molecule is O=c1[nH]cc(-c2cc3c(Cl)nccc3s2)c(=O)[nH]1. The van der Waals surface area contributed by atoms with E-state index in [9.17, 15) is 9.59 Å². The maximum Gasteiger partial charge on any atom is 0.325 e. The van der Waals surface area contributed by atoms with Crippen molar-refractivity contribution in [1.29, 1.82) is 0 Å². The summed E-state index contributed by atoms with van der Waals surface area (Å²) in [6, 6.07) is 3.62. The molecule has 0 atom stereocenters. The normalized spacial score (nSPS) is 10.9. The number of aromatic amines is 2. The van der Waals surface area contributed by atoms with Crippen LogP contribution in [-0.4, -0.2) is 15.0 Å². The summed E-state index contributed by atoms with van der Waals surface area (Å²) in [6.45, 7) is 0. The molecule has 0 fully saturated rings. The minimum atomic E-state index is -0.524. The lowest BCUT2D eigenvalue weighted by molar-refractivity contribution is 1.04. The zero-order valence-electron chi connectivity index (χ0n) is 8.86. The number of aromatic nitrogens is 3. The second-order valence-corrected chi connectivity index (χ2v) is 5.05.